The van der Waals surface area contributed by atoms with Crippen molar-refractivity contribution in [2.45, 2.75) is 38.5 Å². The fourth-order valence-corrected chi connectivity index (χ4v) is 4.83. The summed E-state index contributed by atoms with van der Waals surface area (Å²) in [6.45, 7) is 5.58. The first kappa shape index (κ1) is 30.9. The molecule has 2 aliphatic rings. The van der Waals surface area contributed by atoms with Crippen LogP contribution in [0.25, 0.3) is 0 Å². The molecule has 12 nitrogen and oxygen atoms in total. The van der Waals surface area contributed by atoms with Crippen molar-refractivity contribution in [1.29, 1.82) is 0 Å². The average molecular weight is 584 g/mol. The van der Waals surface area contributed by atoms with Gasteiger partial charge in [-0.3, -0.25) is 19.7 Å². The van der Waals surface area contributed by atoms with Crippen LogP contribution in [0.3, 0.4) is 0 Å². The van der Waals surface area contributed by atoms with Crippen molar-refractivity contribution < 1.29 is 38.2 Å². The monoisotopic (exact) mass is 583 g/mol. The maximum atomic E-state index is 13.9. The van der Waals surface area contributed by atoms with Crippen LogP contribution in [-0.4, -0.2) is 80.7 Å². The highest BCUT2D eigenvalue weighted by molar-refractivity contribution is 5.98. The molecule has 2 aromatic carbocycles. The minimum absolute atomic E-state index is 0.0523. The van der Waals surface area contributed by atoms with Gasteiger partial charge in [-0.25, -0.2) is 0 Å². The van der Waals surface area contributed by atoms with Crippen molar-refractivity contribution in [3.63, 3.8) is 0 Å². The Hall–Kier alpha value is -4.00. The summed E-state index contributed by atoms with van der Waals surface area (Å²) in [5, 5.41) is 14.2. The summed E-state index contributed by atoms with van der Waals surface area (Å²) < 4.78 is 28.0. The van der Waals surface area contributed by atoms with E-state index in [1.165, 1.54) is 29.2 Å². The number of rotatable bonds is 10. The summed E-state index contributed by atoms with van der Waals surface area (Å²) in [5.41, 5.74) is 0.908. The Morgan fingerprint density at radius 1 is 1.17 bits per heavy atom. The van der Waals surface area contributed by atoms with Crippen molar-refractivity contribution in [2.24, 2.45) is 5.92 Å². The summed E-state index contributed by atoms with van der Waals surface area (Å²) in [6.07, 6.45) is 3.50. The molecule has 3 atom stereocenters. The fraction of sp³-hybridized carbons (Fsp3) is 0.467. The van der Waals surface area contributed by atoms with E-state index in [0.29, 0.717) is 37.7 Å². The molecule has 2 aromatic rings. The summed E-state index contributed by atoms with van der Waals surface area (Å²) in [6, 6.07) is 9.45. The molecule has 2 amide bonds. The average Bonchev–Trinajstić information content (AvgIpc) is 3.30. The lowest BCUT2D eigenvalue weighted by atomic mass is 9.98. The molecule has 0 fully saturated rings. The van der Waals surface area contributed by atoms with Crippen LogP contribution in [-0.2, 0) is 19.0 Å². The van der Waals surface area contributed by atoms with Crippen molar-refractivity contribution >= 4 is 17.5 Å². The molecule has 0 bridgehead atoms. The van der Waals surface area contributed by atoms with Gasteiger partial charge in [0, 0.05) is 43.0 Å². The molecule has 0 saturated carbocycles. The molecular formula is C30H37N3O9. The van der Waals surface area contributed by atoms with E-state index in [1.54, 1.807) is 31.4 Å². The zero-order valence-electron chi connectivity index (χ0n) is 24.0. The molecule has 0 aromatic heterocycles. The molecule has 226 valence electrons. The number of fused-ring (bicyclic) bond motifs is 3. The molecular weight excluding hydrogens is 546 g/mol. The summed E-state index contributed by atoms with van der Waals surface area (Å²) in [5.74, 6) is 0.486. The number of nitrogens with one attached hydrogen (secondary N) is 1. The Morgan fingerprint density at radius 2 is 1.95 bits per heavy atom. The highest BCUT2D eigenvalue weighted by atomic mass is 16.7. The van der Waals surface area contributed by atoms with Crippen LogP contribution in [0.5, 0.6) is 11.5 Å². The van der Waals surface area contributed by atoms with Crippen LogP contribution < -0.4 is 14.8 Å². The Bertz CT molecular complexity index is 1270. The summed E-state index contributed by atoms with van der Waals surface area (Å²) >= 11 is 0. The number of carbonyl (C=O) groups excluding carboxylic acids is 2. The lowest BCUT2D eigenvalue weighted by molar-refractivity contribution is -0.384. The van der Waals surface area contributed by atoms with Gasteiger partial charge in [0.1, 0.15) is 23.6 Å². The number of nitro groups is 1. The number of amides is 2. The molecule has 2 heterocycles. The second-order valence-corrected chi connectivity index (χ2v) is 10.4. The number of benzene rings is 2. The number of carbonyl (C=O) groups is 2. The zero-order valence-corrected chi connectivity index (χ0v) is 24.0. The van der Waals surface area contributed by atoms with E-state index < -0.39 is 29.0 Å². The van der Waals surface area contributed by atoms with Crippen molar-refractivity contribution in [2.75, 3.05) is 46.9 Å². The third-order valence-electron chi connectivity index (χ3n) is 6.93. The summed E-state index contributed by atoms with van der Waals surface area (Å²) in [7, 11) is 1.59. The molecule has 0 radical (unpaired) electrons. The van der Waals surface area contributed by atoms with Crippen molar-refractivity contribution in [1.82, 2.24) is 10.2 Å². The standard InChI is InChI=1S/C30H37N3O9/c1-20(2)16-25-29(34)31-28-24-11-10-23(41-19-40-15-14-38-3)17-26(24)42-27(28)18-39-13-5-4-12-32(25)30(35)21-6-8-22(9-7-21)33(36)37/h4-11,17,20,25,27-28H,12-16,18-19H2,1-3H3,(H,31,34)/b5-4+/t25-,27+,28-/m0/s1. The van der Waals surface area contributed by atoms with E-state index in [4.69, 9.17) is 23.7 Å². The minimum Gasteiger partial charge on any atom is -0.485 e. The Labute approximate surface area is 244 Å². The maximum Gasteiger partial charge on any atom is 0.269 e. The highest BCUT2D eigenvalue weighted by Crippen LogP contribution is 2.39. The van der Waals surface area contributed by atoms with Gasteiger partial charge in [-0.15, -0.1) is 0 Å². The Kier molecular flexibility index (Phi) is 10.9. The largest absolute Gasteiger partial charge is 0.485 e. The normalized spacial score (nSPS) is 21.3. The first-order chi connectivity index (χ1) is 20.3. The van der Waals surface area contributed by atoms with Crippen LogP contribution in [0.2, 0.25) is 0 Å². The molecule has 1 N–H and O–H groups in total. The van der Waals surface area contributed by atoms with E-state index in [1.807, 2.05) is 19.9 Å². The minimum atomic E-state index is -0.797. The molecule has 2 aliphatic heterocycles. The van der Waals surface area contributed by atoms with Gasteiger partial charge in [-0.05, 0) is 36.6 Å². The summed E-state index contributed by atoms with van der Waals surface area (Å²) in [4.78, 5) is 39.7. The van der Waals surface area contributed by atoms with Gasteiger partial charge in [-0.1, -0.05) is 26.0 Å². The Balaban J connectivity index is 1.58. The molecule has 0 saturated heterocycles. The van der Waals surface area contributed by atoms with Gasteiger partial charge in [0.05, 0.1) is 37.4 Å². The maximum absolute atomic E-state index is 13.9. The number of hydrogen-bond donors (Lipinski definition) is 1. The number of nitro benzene ring substituents is 1. The van der Waals surface area contributed by atoms with Crippen LogP contribution in [0, 0.1) is 16.0 Å². The van der Waals surface area contributed by atoms with Crippen LogP contribution >= 0.6 is 0 Å². The molecule has 12 heteroatoms. The number of ether oxygens (including phenoxy) is 5. The second-order valence-electron chi connectivity index (χ2n) is 10.4. The molecule has 0 aliphatic carbocycles. The number of non-ortho nitro benzene ring substituents is 1. The number of nitrogens with zero attached hydrogens (tertiary/aromatic N) is 2. The molecule has 0 spiro atoms. The SMILES string of the molecule is COCCOCOc1ccc2c(c1)O[C@@H]1COC/C=C/CN(C(=O)c3ccc([N+](=O)[O-])cc3)[C@@H](CC(C)C)C(=O)N[C@@H]21. The quantitative estimate of drug-likeness (QED) is 0.146. The van der Waals surface area contributed by atoms with Gasteiger partial charge in [0.2, 0.25) is 5.91 Å². The Morgan fingerprint density at radius 3 is 2.67 bits per heavy atom. The predicted octanol–water partition coefficient (Wildman–Crippen LogP) is 3.66. The zero-order chi connectivity index (χ0) is 30.1. The lowest BCUT2D eigenvalue weighted by Gasteiger charge is -2.33. The van der Waals surface area contributed by atoms with Crippen LogP contribution in [0.15, 0.2) is 54.6 Å². The van der Waals surface area contributed by atoms with E-state index in [0.717, 1.165) is 5.56 Å². The van der Waals surface area contributed by atoms with Gasteiger partial charge in [0.25, 0.3) is 11.6 Å². The molecule has 4 rings (SSSR count). The van der Waals surface area contributed by atoms with Gasteiger partial charge >= 0.3 is 0 Å². The topological polar surface area (TPSA) is 139 Å². The van der Waals surface area contributed by atoms with Gasteiger partial charge in [0.15, 0.2) is 6.79 Å². The van der Waals surface area contributed by atoms with Crippen molar-refractivity contribution in [3.05, 3.63) is 75.9 Å². The molecule has 0 unspecified atom stereocenters. The van der Waals surface area contributed by atoms with Crippen molar-refractivity contribution in [3.8, 4) is 11.5 Å². The third kappa shape index (κ3) is 7.84. The first-order valence-corrected chi connectivity index (χ1v) is 13.9. The van der Waals surface area contributed by atoms with E-state index in [2.05, 4.69) is 5.32 Å². The predicted molar refractivity (Wildman–Crippen MR) is 152 cm³/mol. The van der Waals surface area contributed by atoms with E-state index >= 15 is 0 Å². The van der Waals surface area contributed by atoms with Crippen LogP contribution in [0.4, 0.5) is 5.69 Å². The lowest BCUT2D eigenvalue weighted by Crippen LogP contribution is -2.52. The smallest absolute Gasteiger partial charge is 0.269 e. The number of hydrogen-bond acceptors (Lipinski definition) is 9. The van der Waals surface area contributed by atoms with E-state index in [9.17, 15) is 19.7 Å². The third-order valence-corrected chi connectivity index (χ3v) is 6.93. The van der Waals surface area contributed by atoms with Gasteiger partial charge in [-0.2, -0.15) is 0 Å². The van der Waals surface area contributed by atoms with Crippen LogP contribution in [0.1, 0.15) is 42.2 Å². The van der Waals surface area contributed by atoms with Gasteiger partial charge < -0.3 is 33.9 Å². The first-order valence-electron chi connectivity index (χ1n) is 13.9. The van der Waals surface area contributed by atoms with E-state index in [-0.39, 0.29) is 43.0 Å². The number of methoxy groups -OCH3 is 1. The fourth-order valence-electron chi connectivity index (χ4n) is 4.83. The highest BCUT2D eigenvalue weighted by Gasteiger charge is 2.39. The molecule has 42 heavy (non-hydrogen) atoms. The second kappa shape index (κ2) is 14.8.